The Labute approximate surface area is 149 Å². The number of nitrogens with one attached hydrogen (secondary N) is 1. The van der Waals surface area contributed by atoms with Gasteiger partial charge in [-0.25, -0.2) is 4.79 Å². The van der Waals surface area contributed by atoms with E-state index in [0.717, 1.165) is 4.57 Å². The first-order valence-corrected chi connectivity index (χ1v) is 8.97. The summed E-state index contributed by atoms with van der Waals surface area (Å²) in [4.78, 5) is 35.0. The molecule has 0 saturated carbocycles. The van der Waals surface area contributed by atoms with Gasteiger partial charge in [0.1, 0.15) is 12.2 Å². The standard InChI is InChI=1S/C14H21N2O9P/c1-7-4-16(14(19)15-12(7)18)13-11(23-6-8(2)22-3)10(25-26(20)21)9(5-17)24-13/h4,8-11,13,17H,5-6H2,1-3H3,(H-,15,18,19,20,21)/p+1/t8-,9+,10?,11?,13+/m0/s1. The molecular weight excluding hydrogens is 371 g/mol. The van der Waals surface area contributed by atoms with Gasteiger partial charge in [0.2, 0.25) is 0 Å². The van der Waals surface area contributed by atoms with Crippen molar-refractivity contribution in [2.24, 2.45) is 0 Å². The van der Waals surface area contributed by atoms with Crippen LogP contribution in [-0.4, -0.2) is 64.3 Å². The number of hydrogen-bond donors (Lipinski definition) is 3. The molecule has 146 valence electrons. The summed E-state index contributed by atoms with van der Waals surface area (Å²) < 4.78 is 33.7. The summed E-state index contributed by atoms with van der Waals surface area (Å²) >= 11 is 0. The second-order valence-corrected chi connectivity index (χ2v) is 6.56. The van der Waals surface area contributed by atoms with Crippen molar-refractivity contribution in [1.82, 2.24) is 9.55 Å². The Kier molecular flexibility index (Phi) is 7.18. The van der Waals surface area contributed by atoms with Crippen LogP contribution in [0.5, 0.6) is 0 Å². The molecule has 12 heteroatoms. The van der Waals surface area contributed by atoms with Crippen LogP contribution >= 0.6 is 8.25 Å². The Morgan fingerprint density at radius 3 is 2.69 bits per heavy atom. The van der Waals surface area contributed by atoms with Crippen molar-refractivity contribution >= 4 is 8.25 Å². The van der Waals surface area contributed by atoms with E-state index < -0.39 is 50.7 Å². The van der Waals surface area contributed by atoms with E-state index in [1.54, 1.807) is 6.92 Å². The van der Waals surface area contributed by atoms with E-state index in [4.69, 9.17) is 23.6 Å². The van der Waals surface area contributed by atoms with Crippen molar-refractivity contribution in [3.05, 3.63) is 32.6 Å². The number of aliphatic hydroxyl groups is 1. The Morgan fingerprint density at radius 1 is 1.42 bits per heavy atom. The van der Waals surface area contributed by atoms with Crippen LogP contribution in [0.4, 0.5) is 0 Å². The number of aromatic nitrogens is 2. The van der Waals surface area contributed by atoms with Crippen molar-refractivity contribution in [2.75, 3.05) is 20.3 Å². The third-order valence-electron chi connectivity index (χ3n) is 4.02. The predicted octanol–water partition coefficient (Wildman–Crippen LogP) is -0.810. The molecule has 1 aliphatic rings. The number of aryl methyl sites for hydroxylation is 1. The molecule has 26 heavy (non-hydrogen) atoms. The van der Waals surface area contributed by atoms with Gasteiger partial charge >= 0.3 is 13.9 Å². The predicted molar refractivity (Wildman–Crippen MR) is 88.0 cm³/mol. The van der Waals surface area contributed by atoms with Crippen LogP contribution in [0.2, 0.25) is 0 Å². The Balaban J connectivity index is 2.40. The summed E-state index contributed by atoms with van der Waals surface area (Å²) in [6, 6.07) is 0. The van der Waals surface area contributed by atoms with E-state index in [9.17, 15) is 19.3 Å². The molecule has 1 aliphatic heterocycles. The first-order chi connectivity index (χ1) is 12.3. The molecule has 0 spiro atoms. The molecule has 3 unspecified atom stereocenters. The SMILES string of the molecule is CO[C@@H](C)COC1C(O[P+](=O)O)[C@@H](CO)O[C@H]1n1cc(C)c(=O)[nH]c1=O. The van der Waals surface area contributed by atoms with Gasteiger partial charge in [0, 0.05) is 23.4 Å². The van der Waals surface area contributed by atoms with Crippen molar-refractivity contribution < 1.29 is 33.3 Å². The fourth-order valence-corrected chi connectivity index (χ4v) is 3.04. The van der Waals surface area contributed by atoms with E-state index in [-0.39, 0.29) is 18.3 Å². The largest absolute Gasteiger partial charge is 0.695 e. The van der Waals surface area contributed by atoms with Crippen LogP contribution in [-0.2, 0) is 23.3 Å². The Hall–Kier alpha value is -1.46. The maximum Gasteiger partial charge on any atom is 0.695 e. The van der Waals surface area contributed by atoms with Crippen LogP contribution < -0.4 is 11.2 Å². The molecule has 2 heterocycles. The van der Waals surface area contributed by atoms with Gasteiger partial charge in [-0.15, -0.1) is 9.42 Å². The molecule has 1 aromatic heterocycles. The van der Waals surface area contributed by atoms with Gasteiger partial charge in [-0.2, -0.15) is 0 Å². The quantitative estimate of drug-likeness (QED) is 0.482. The highest BCUT2D eigenvalue weighted by molar-refractivity contribution is 7.32. The number of nitrogens with zero attached hydrogens (tertiary/aromatic N) is 1. The van der Waals surface area contributed by atoms with Gasteiger partial charge in [0.05, 0.1) is 19.3 Å². The molecule has 11 nitrogen and oxygen atoms in total. The number of ether oxygens (including phenoxy) is 3. The van der Waals surface area contributed by atoms with Gasteiger partial charge in [0.15, 0.2) is 12.3 Å². The molecule has 2 rings (SSSR count). The molecule has 0 aromatic carbocycles. The van der Waals surface area contributed by atoms with E-state index in [1.165, 1.54) is 20.2 Å². The third kappa shape index (κ3) is 4.63. The van der Waals surface area contributed by atoms with Gasteiger partial charge < -0.3 is 19.3 Å². The van der Waals surface area contributed by atoms with Crippen molar-refractivity contribution in [3.63, 3.8) is 0 Å². The fourth-order valence-electron chi connectivity index (χ4n) is 2.58. The zero-order valence-electron chi connectivity index (χ0n) is 14.5. The molecule has 6 atom stereocenters. The maximum absolute atomic E-state index is 12.2. The van der Waals surface area contributed by atoms with Gasteiger partial charge in [0.25, 0.3) is 5.56 Å². The molecule has 0 aliphatic carbocycles. The van der Waals surface area contributed by atoms with Gasteiger partial charge in [-0.05, 0) is 13.8 Å². The number of aromatic amines is 1. The highest BCUT2D eigenvalue weighted by Crippen LogP contribution is 2.37. The van der Waals surface area contributed by atoms with E-state index in [0.29, 0.717) is 0 Å². The lowest BCUT2D eigenvalue weighted by molar-refractivity contribution is -0.0928. The summed E-state index contributed by atoms with van der Waals surface area (Å²) in [5, 5.41) is 9.52. The minimum atomic E-state index is -3.00. The zero-order valence-corrected chi connectivity index (χ0v) is 15.4. The van der Waals surface area contributed by atoms with Crippen LogP contribution in [0.1, 0.15) is 18.7 Å². The molecule has 3 N–H and O–H groups in total. The molecule has 1 saturated heterocycles. The van der Waals surface area contributed by atoms with Crippen LogP contribution in [0, 0.1) is 6.92 Å². The van der Waals surface area contributed by atoms with Crippen LogP contribution in [0.3, 0.4) is 0 Å². The van der Waals surface area contributed by atoms with E-state index >= 15 is 0 Å². The minimum absolute atomic E-state index is 0.0817. The normalized spacial score (nSPS) is 27.5. The number of hydrogen-bond acceptors (Lipinski definition) is 8. The first kappa shape index (κ1) is 20.8. The van der Waals surface area contributed by atoms with Gasteiger partial charge in [-0.3, -0.25) is 14.3 Å². The molecule has 1 fully saturated rings. The summed E-state index contributed by atoms with van der Waals surface area (Å²) in [5.74, 6) is 0. The van der Waals surface area contributed by atoms with Crippen molar-refractivity contribution in [1.29, 1.82) is 0 Å². The lowest BCUT2D eigenvalue weighted by atomic mass is 10.1. The van der Waals surface area contributed by atoms with Crippen LogP contribution in [0.25, 0.3) is 0 Å². The lowest BCUT2D eigenvalue weighted by Crippen LogP contribution is -2.41. The maximum atomic E-state index is 12.2. The minimum Gasteiger partial charge on any atom is -0.394 e. The monoisotopic (exact) mass is 393 g/mol. The average Bonchev–Trinajstić information content (AvgIpc) is 2.92. The number of aliphatic hydroxyl groups excluding tert-OH is 1. The first-order valence-electron chi connectivity index (χ1n) is 7.84. The summed E-state index contributed by atoms with van der Waals surface area (Å²) in [6.07, 6.45) is -3.22. The Morgan fingerprint density at radius 2 is 2.12 bits per heavy atom. The molecular formula is C14H22N2O9P+. The Bertz CT molecular complexity index is 749. The van der Waals surface area contributed by atoms with Crippen LogP contribution in [0.15, 0.2) is 15.8 Å². The average molecular weight is 393 g/mol. The topological polar surface area (TPSA) is 149 Å². The summed E-state index contributed by atoms with van der Waals surface area (Å²) in [7, 11) is -1.52. The zero-order chi connectivity index (χ0) is 19.4. The van der Waals surface area contributed by atoms with E-state index in [2.05, 4.69) is 4.98 Å². The summed E-state index contributed by atoms with van der Waals surface area (Å²) in [6.45, 7) is 2.81. The smallest absolute Gasteiger partial charge is 0.394 e. The molecule has 0 amide bonds. The lowest BCUT2D eigenvalue weighted by Gasteiger charge is -2.23. The number of H-pyrrole nitrogens is 1. The second-order valence-electron chi connectivity index (χ2n) is 5.88. The fraction of sp³-hybridized carbons (Fsp3) is 0.714. The van der Waals surface area contributed by atoms with Crippen molar-refractivity contribution in [2.45, 2.75) is 44.5 Å². The summed E-state index contributed by atoms with van der Waals surface area (Å²) in [5.41, 5.74) is -1.03. The second kappa shape index (κ2) is 8.96. The van der Waals surface area contributed by atoms with Gasteiger partial charge in [-0.1, -0.05) is 0 Å². The third-order valence-corrected chi connectivity index (χ3v) is 4.45. The van der Waals surface area contributed by atoms with Crippen molar-refractivity contribution in [3.8, 4) is 0 Å². The number of rotatable bonds is 8. The van der Waals surface area contributed by atoms with E-state index in [1.807, 2.05) is 0 Å². The highest BCUT2D eigenvalue weighted by atomic mass is 31.1. The molecule has 1 aromatic rings. The molecule has 0 radical (unpaired) electrons. The molecule has 0 bridgehead atoms. The number of methoxy groups -OCH3 is 1. The highest BCUT2D eigenvalue weighted by Gasteiger charge is 2.51.